The fraction of sp³-hybridized carbons (Fsp3) is 0.750. The SMILES string of the molecule is CCOC(=O)NCF. The lowest BCUT2D eigenvalue weighted by atomic mass is 10.9. The lowest BCUT2D eigenvalue weighted by molar-refractivity contribution is 0.147. The van der Waals surface area contributed by atoms with Crippen molar-refractivity contribution in [3.63, 3.8) is 0 Å². The number of hydrogen-bond acceptors (Lipinski definition) is 2. The van der Waals surface area contributed by atoms with Crippen molar-refractivity contribution >= 4 is 6.09 Å². The van der Waals surface area contributed by atoms with Crippen LogP contribution in [0.3, 0.4) is 0 Å². The summed E-state index contributed by atoms with van der Waals surface area (Å²) in [5.41, 5.74) is 0. The van der Waals surface area contributed by atoms with Crippen LogP contribution in [0.15, 0.2) is 0 Å². The third-order valence-corrected chi connectivity index (χ3v) is 0.487. The molecule has 0 aliphatic heterocycles. The molecule has 0 fully saturated rings. The molecule has 0 spiro atoms. The second-order valence-electron chi connectivity index (χ2n) is 1.03. The molecule has 1 N–H and O–H groups in total. The number of hydrogen-bond donors (Lipinski definition) is 1. The van der Waals surface area contributed by atoms with Crippen molar-refractivity contribution in [3.8, 4) is 0 Å². The lowest BCUT2D eigenvalue weighted by Gasteiger charge is -1.97. The van der Waals surface area contributed by atoms with Gasteiger partial charge in [-0.3, -0.25) is 5.32 Å². The van der Waals surface area contributed by atoms with E-state index in [9.17, 15) is 9.18 Å². The Balaban J connectivity index is 3.06. The molecule has 0 saturated carbocycles. The Bertz CT molecular complexity index is 68.4. The molecule has 0 aromatic carbocycles. The summed E-state index contributed by atoms with van der Waals surface area (Å²) in [4.78, 5) is 10.1. The largest absolute Gasteiger partial charge is 0.450 e. The number of ether oxygens (including phenoxy) is 1. The van der Waals surface area contributed by atoms with Crippen molar-refractivity contribution < 1.29 is 13.9 Å². The highest BCUT2D eigenvalue weighted by Gasteiger charge is 1.94. The van der Waals surface area contributed by atoms with Crippen LogP contribution in [0.5, 0.6) is 0 Å². The van der Waals surface area contributed by atoms with Crippen LogP contribution >= 0.6 is 0 Å². The van der Waals surface area contributed by atoms with Crippen molar-refractivity contribution in [2.24, 2.45) is 0 Å². The van der Waals surface area contributed by atoms with E-state index < -0.39 is 12.9 Å². The van der Waals surface area contributed by atoms with E-state index in [-0.39, 0.29) is 6.61 Å². The normalized spacial score (nSPS) is 8.25. The molecule has 1 amide bonds. The molecule has 0 aliphatic rings. The molecule has 0 bridgehead atoms. The molecule has 0 aromatic rings. The maximum atomic E-state index is 11.2. The van der Waals surface area contributed by atoms with Crippen LogP contribution in [0.2, 0.25) is 0 Å². The third-order valence-electron chi connectivity index (χ3n) is 0.487. The molecule has 4 heteroatoms. The number of amides is 1. The highest BCUT2D eigenvalue weighted by Crippen LogP contribution is 1.73. The molecule has 0 radical (unpaired) electrons. The number of alkyl carbamates (subject to hydrolysis) is 1. The zero-order valence-electron chi connectivity index (χ0n) is 4.61. The topological polar surface area (TPSA) is 38.3 Å². The minimum Gasteiger partial charge on any atom is -0.450 e. The maximum Gasteiger partial charge on any atom is 0.409 e. The van der Waals surface area contributed by atoms with E-state index >= 15 is 0 Å². The van der Waals surface area contributed by atoms with Crippen LogP contribution in [-0.4, -0.2) is 19.5 Å². The Morgan fingerprint density at radius 3 is 2.88 bits per heavy atom. The summed E-state index contributed by atoms with van der Waals surface area (Å²) >= 11 is 0. The Kier molecular flexibility index (Phi) is 3.93. The molecule has 0 unspecified atom stereocenters. The van der Waals surface area contributed by atoms with Gasteiger partial charge in [0.25, 0.3) is 0 Å². The van der Waals surface area contributed by atoms with E-state index in [0.29, 0.717) is 0 Å². The fourth-order valence-corrected chi connectivity index (χ4v) is 0.237. The van der Waals surface area contributed by atoms with Crippen LogP contribution in [-0.2, 0) is 4.74 Å². The average molecular weight is 121 g/mol. The van der Waals surface area contributed by atoms with Crippen LogP contribution < -0.4 is 5.32 Å². The Hall–Kier alpha value is -0.800. The zero-order valence-corrected chi connectivity index (χ0v) is 4.61. The number of halogens is 1. The van der Waals surface area contributed by atoms with Gasteiger partial charge in [-0.25, -0.2) is 9.18 Å². The van der Waals surface area contributed by atoms with Crippen molar-refractivity contribution in [3.05, 3.63) is 0 Å². The van der Waals surface area contributed by atoms with E-state index in [4.69, 9.17) is 0 Å². The summed E-state index contributed by atoms with van der Waals surface area (Å²) < 4.78 is 15.4. The van der Waals surface area contributed by atoms with Gasteiger partial charge in [-0.05, 0) is 6.92 Å². The van der Waals surface area contributed by atoms with E-state index in [1.54, 1.807) is 6.92 Å². The summed E-state index contributed by atoms with van der Waals surface area (Å²) in [5.74, 6) is 0. The fourth-order valence-electron chi connectivity index (χ4n) is 0.237. The van der Waals surface area contributed by atoms with Crippen LogP contribution in [0.4, 0.5) is 9.18 Å². The van der Waals surface area contributed by atoms with Crippen LogP contribution in [0.1, 0.15) is 6.92 Å². The monoisotopic (exact) mass is 121 g/mol. The minimum atomic E-state index is -0.876. The molecule has 48 valence electrons. The number of carbonyl (C=O) groups excluding carboxylic acids is 1. The predicted octanol–water partition coefficient (Wildman–Crippen LogP) is 0.659. The Morgan fingerprint density at radius 1 is 1.88 bits per heavy atom. The zero-order chi connectivity index (χ0) is 6.41. The minimum absolute atomic E-state index is 0.270. The van der Waals surface area contributed by atoms with E-state index in [1.807, 2.05) is 5.32 Å². The number of rotatable bonds is 2. The summed E-state index contributed by atoms with van der Waals surface area (Å²) in [5, 5.41) is 1.82. The quantitative estimate of drug-likeness (QED) is 0.545. The highest BCUT2D eigenvalue weighted by molar-refractivity contribution is 5.66. The smallest absolute Gasteiger partial charge is 0.409 e. The summed E-state index contributed by atoms with van der Waals surface area (Å²) in [6.45, 7) is 1.04. The number of nitrogens with one attached hydrogen (secondary N) is 1. The van der Waals surface area contributed by atoms with Gasteiger partial charge in [0, 0.05) is 0 Å². The number of alkyl halides is 1. The van der Waals surface area contributed by atoms with E-state index in [0.717, 1.165) is 0 Å². The first-order valence-corrected chi connectivity index (χ1v) is 2.27. The molecular weight excluding hydrogens is 113 g/mol. The molecule has 0 atom stereocenters. The number of carbonyl (C=O) groups is 1. The van der Waals surface area contributed by atoms with Gasteiger partial charge in [-0.2, -0.15) is 0 Å². The molecule has 0 rings (SSSR count). The second kappa shape index (κ2) is 4.36. The van der Waals surface area contributed by atoms with Crippen molar-refractivity contribution in [2.75, 3.05) is 13.4 Å². The molecule has 8 heavy (non-hydrogen) atoms. The predicted molar refractivity (Wildman–Crippen MR) is 26.1 cm³/mol. The van der Waals surface area contributed by atoms with E-state index in [2.05, 4.69) is 4.74 Å². The van der Waals surface area contributed by atoms with Crippen molar-refractivity contribution in [2.45, 2.75) is 6.92 Å². The first-order valence-electron chi connectivity index (χ1n) is 2.27. The van der Waals surface area contributed by atoms with Gasteiger partial charge in [-0.15, -0.1) is 0 Å². The Morgan fingerprint density at radius 2 is 2.50 bits per heavy atom. The standard InChI is InChI=1S/C4H8FNO2/c1-2-8-4(7)6-3-5/h2-3H2,1H3,(H,6,7). The van der Waals surface area contributed by atoms with Crippen LogP contribution in [0, 0.1) is 0 Å². The van der Waals surface area contributed by atoms with Crippen molar-refractivity contribution in [1.29, 1.82) is 0 Å². The molecule has 0 saturated heterocycles. The van der Waals surface area contributed by atoms with E-state index in [1.165, 1.54) is 0 Å². The molecule has 0 aromatic heterocycles. The highest BCUT2D eigenvalue weighted by atomic mass is 19.1. The molecular formula is C4H8FNO2. The lowest BCUT2D eigenvalue weighted by Crippen LogP contribution is -2.22. The van der Waals surface area contributed by atoms with Crippen LogP contribution in [0.25, 0.3) is 0 Å². The van der Waals surface area contributed by atoms with Gasteiger partial charge in [0.15, 0.2) is 6.80 Å². The summed E-state index contributed by atoms with van der Waals surface area (Å²) in [7, 11) is 0. The van der Waals surface area contributed by atoms with Gasteiger partial charge >= 0.3 is 6.09 Å². The first-order chi connectivity index (χ1) is 3.81. The first kappa shape index (κ1) is 7.20. The Labute approximate surface area is 46.8 Å². The van der Waals surface area contributed by atoms with Gasteiger partial charge in [0.1, 0.15) is 0 Å². The molecule has 0 aliphatic carbocycles. The maximum absolute atomic E-state index is 11.2. The van der Waals surface area contributed by atoms with Gasteiger partial charge in [-0.1, -0.05) is 0 Å². The summed E-state index contributed by atoms with van der Waals surface area (Å²) in [6, 6.07) is 0. The van der Waals surface area contributed by atoms with Gasteiger partial charge in [0.2, 0.25) is 0 Å². The second-order valence-corrected chi connectivity index (χ2v) is 1.03. The van der Waals surface area contributed by atoms with Gasteiger partial charge < -0.3 is 4.74 Å². The van der Waals surface area contributed by atoms with Crippen molar-refractivity contribution in [1.82, 2.24) is 5.32 Å². The molecule has 3 nitrogen and oxygen atoms in total. The molecule has 0 heterocycles. The summed E-state index contributed by atoms with van der Waals surface area (Å²) in [6.07, 6.45) is -0.713. The average Bonchev–Trinajstić information content (AvgIpc) is 1.68. The third kappa shape index (κ3) is 3.39. The van der Waals surface area contributed by atoms with Gasteiger partial charge in [0.05, 0.1) is 6.61 Å².